The summed E-state index contributed by atoms with van der Waals surface area (Å²) in [7, 11) is 4.80. The van der Waals surface area contributed by atoms with Crippen molar-refractivity contribution in [2.75, 3.05) is 33.6 Å². The fourth-order valence-electron chi connectivity index (χ4n) is 2.75. The van der Waals surface area contributed by atoms with Crippen LogP contribution in [0.15, 0.2) is 12.1 Å². The van der Waals surface area contributed by atoms with Crippen molar-refractivity contribution in [3.8, 4) is 17.2 Å². The summed E-state index contributed by atoms with van der Waals surface area (Å²) in [4.78, 5) is 14.2. The number of benzene rings is 1. The Kier molecular flexibility index (Phi) is 4.38. The first-order chi connectivity index (χ1) is 10.7. The standard InChI is InChI=1S/C16H21NO4S/c1-19-12-6-11(7-13(20-2)15(12)21-3)16-17(8-10-4-5-10)14(18)9-22-16/h6-7,10,16H,4-5,8-9H2,1-3H3. The minimum Gasteiger partial charge on any atom is -0.493 e. The van der Waals surface area contributed by atoms with Crippen molar-refractivity contribution in [1.29, 1.82) is 0 Å². The second-order valence-electron chi connectivity index (χ2n) is 5.61. The molecular weight excluding hydrogens is 302 g/mol. The lowest BCUT2D eigenvalue weighted by Gasteiger charge is -2.25. The Bertz CT molecular complexity index is 548. The molecule has 1 aliphatic heterocycles. The van der Waals surface area contributed by atoms with Gasteiger partial charge in [-0.25, -0.2) is 0 Å². The van der Waals surface area contributed by atoms with Crippen LogP contribution in [0, 0.1) is 5.92 Å². The van der Waals surface area contributed by atoms with Crippen LogP contribution in [0.1, 0.15) is 23.8 Å². The lowest BCUT2D eigenvalue weighted by Crippen LogP contribution is -2.30. The van der Waals surface area contributed by atoms with Gasteiger partial charge in [0, 0.05) is 6.54 Å². The number of carbonyl (C=O) groups is 1. The van der Waals surface area contributed by atoms with Gasteiger partial charge in [-0.05, 0) is 36.5 Å². The van der Waals surface area contributed by atoms with E-state index in [1.165, 1.54) is 12.8 Å². The molecule has 5 nitrogen and oxygen atoms in total. The van der Waals surface area contributed by atoms with Gasteiger partial charge in [0.05, 0.1) is 27.1 Å². The number of carbonyl (C=O) groups excluding carboxylic acids is 1. The van der Waals surface area contributed by atoms with E-state index in [1.54, 1.807) is 33.1 Å². The third-order valence-corrected chi connectivity index (χ3v) is 5.35. The summed E-state index contributed by atoms with van der Waals surface area (Å²) in [6, 6.07) is 3.88. The third-order valence-electron chi connectivity index (χ3n) is 4.09. The van der Waals surface area contributed by atoms with Crippen LogP contribution in [0.3, 0.4) is 0 Å². The van der Waals surface area contributed by atoms with E-state index in [4.69, 9.17) is 14.2 Å². The Labute approximate surface area is 134 Å². The molecule has 0 radical (unpaired) electrons. The SMILES string of the molecule is COc1cc(C2SCC(=O)N2CC2CC2)cc(OC)c1OC. The van der Waals surface area contributed by atoms with Crippen LogP contribution in [0.2, 0.25) is 0 Å². The molecule has 1 aliphatic carbocycles. The van der Waals surface area contributed by atoms with Crippen LogP contribution in [-0.4, -0.2) is 44.4 Å². The Balaban J connectivity index is 1.93. The van der Waals surface area contributed by atoms with Crippen LogP contribution in [0.4, 0.5) is 0 Å². The largest absolute Gasteiger partial charge is 0.493 e. The second-order valence-corrected chi connectivity index (χ2v) is 6.68. The summed E-state index contributed by atoms with van der Waals surface area (Å²) < 4.78 is 16.2. The summed E-state index contributed by atoms with van der Waals surface area (Å²) >= 11 is 1.66. The first kappa shape index (κ1) is 15.3. The van der Waals surface area contributed by atoms with Gasteiger partial charge in [-0.15, -0.1) is 11.8 Å². The van der Waals surface area contributed by atoms with E-state index in [1.807, 2.05) is 17.0 Å². The minimum absolute atomic E-state index is 0.0295. The van der Waals surface area contributed by atoms with E-state index < -0.39 is 0 Å². The number of ether oxygens (including phenoxy) is 3. The maximum absolute atomic E-state index is 12.2. The Hall–Kier alpha value is -1.56. The molecule has 0 N–H and O–H groups in total. The highest BCUT2D eigenvalue weighted by molar-refractivity contribution is 8.00. The van der Waals surface area contributed by atoms with Gasteiger partial charge < -0.3 is 19.1 Å². The van der Waals surface area contributed by atoms with Crippen molar-refractivity contribution in [3.05, 3.63) is 17.7 Å². The number of amides is 1. The number of methoxy groups -OCH3 is 3. The molecule has 3 rings (SSSR count). The molecule has 1 saturated heterocycles. The van der Waals surface area contributed by atoms with Gasteiger partial charge in [-0.1, -0.05) is 0 Å². The molecule has 0 aromatic heterocycles. The predicted octanol–water partition coefficient (Wildman–Crippen LogP) is 2.70. The van der Waals surface area contributed by atoms with Crippen molar-refractivity contribution in [3.63, 3.8) is 0 Å². The smallest absolute Gasteiger partial charge is 0.233 e. The highest BCUT2D eigenvalue weighted by Gasteiger charge is 2.37. The summed E-state index contributed by atoms with van der Waals surface area (Å²) in [6.45, 7) is 0.854. The van der Waals surface area contributed by atoms with Crippen molar-refractivity contribution >= 4 is 17.7 Å². The lowest BCUT2D eigenvalue weighted by molar-refractivity contribution is -0.128. The van der Waals surface area contributed by atoms with Crippen LogP contribution < -0.4 is 14.2 Å². The van der Waals surface area contributed by atoms with Crippen molar-refractivity contribution in [1.82, 2.24) is 4.90 Å². The van der Waals surface area contributed by atoms with Gasteiger partial charge in [0.15, 0.2) is 11.5 Å². The van der Waals surface area contributed by atoms with Crippen LogP contribution in [0.25, 0.3) is 0 Å². The summed E-state index contributed by atoms with van der Waals surface area (Å²) in [6.07, 6.45) is 2.47. The molecule has 0 bridgehead atoms. The summed E-state index contributed by atoms with van der Waals surface area (Å²) in [5, 5.41) is 0.0295. The highest BCUT2D eigenvalue weighted by atomic mass is 32.2. The van der Waals surface area contributed by atoms with E-state index in [2.05, 4.69) is 0 Å². The van der Waals surface area contributed by atoms with Gasteiger partial charge in [0.1, 0.15) is 5.37 Å². The molecule has 1 amide bonds. The van der Waals surface area contributed by atoms with Crippen LogP contribution >= 0.6 is 11.8 Å². The molecule has 120 valence electrons. The average molecular weight is 323 g/mol. The average Bonchev–Trinajstić information content (AvgIpc) is 3.29. The molecule has 1 atom stereocenters. The lowest BCUT2D eigenvalue weighted by atomic mass is 10.1. The predicted molar refractivity (Wildman–Crippen MR) is 85.7 cm³/mol. The molecule has 1 unspecified atom stereocenters. The fraction of sp³-hybridized carbons (Fsp3) is 0.562. The first-order valence-electron chi connectivity index (χ1n) is 7.39. The zero-order valence-corrected chi connectivity index (χ0v) is 13.9. The Morgan fingerprint density at radius 3 is 2.27 bits per heavy atom. The molecule has 1 aromatic rings. The van der Waals surface area contributed by atoms with Crippen molar-refractivity contribution < 1.29 is 19.0 Å². The zero-order valence-electron chi connectivity index (χ0n) is 13.1. The molecule has 1 aromatic carbocycles. The third kappa shape index (κ3) is 2.84. The molecule has 22 heavy (non-hydrogen) atoms. The van der Waals surface area contributed by atoms with Crippen LogP contribution in [-0.2, 0) is 4.79 Å². The quantitative estimate of drug-likeness (QED) is 0.805. The number of nitrogens with zero attached hydrogens (tertiary/aromatic N) is 1. The number of hydrogen-bond acceptors (Lipinski definition) is 5. The van der Waals surface area contributed by atoms with Gasteiger partial charge in [0.25, 0.3) is 0 Å². The fourth-order valence-corrected chi connectivity index (χ4v) is 3.93. The topological polar surface area (TPSA) is 48.0 Å². The Morgan fingerprint density at radius 2 is 1.77 bits per heavy atom. The van der Waals surface area contributed by atoms with E-state index >= 15 is 0 Å². The zero-order chi connectivity index (χ0) is 15.7. The van der Waals surface area contributed by atoms with Crippen LogP contribution in [0.5, 0.6) is 17.2 Å². The molecule has 0 spiro atoms. The van der Waals surface area contributed by atoms with Gasteiger partial charge in [-0.3, -0.25) is 4.79 Å². The Morgan fingerprint density at radius 1 is 1.14 bits per heavy atom. The maximum Gasteiger partial charge on any atom is 0.233 e. The van der Waals surface area contributed by atoms with Gasteiger partial charge in [0.2, 0.25) is 11.7 Å². The van der Waals surface area contributed by atoms with E-state index in [9.17, 15) is 4.79 Å². The van der Waals surface area contributed by atoms with E-state index in [0.29, 0.717) is 28.9 Å². The molecular formula is C16H21NO4S. The van der Waals surface area contributed by atoms with Gasteiger partial charge >= 0.3 is 0 Å². The van der Waals surface area contributed by atoms with Crippen molar-refractivity contribution in [2.45, 2.75) is 18.2 Å². The van der Waals surface area contributed by atoms with E-state index in [0.717, 1.165) is 12.1 Å². The van der Waals surface area contributed by atoms with Crippen molar-refractivity contribution in [2.24, 2.45) is 5.92 Å². The summed E-state index contributed by atoms with van der Waals surface area (Å²) in [5.74, 6) is 3.26. The molecule has 1 heterocycles. The van der Waals surface area contributed by atoms with Gasteiger partial charge in [-0.2, -0.15) is 0 Å². The maximum atomic E-state index is 12.2. The molecule has 2 fully saturated rings. The normalized spacial score (nSPS) is 21.1. The molecule has 2 aliphatic rings. The second kappa shape index (κ2) is 6.28. The monoisotopic (exact) mass is 323 g/mol. The summed E-state index contributed by atoms with van der Waals surface area (Å²) in [5.41, 5.74) is 1.02. The minimum atomic E-state index is 0.0295. The number of hydrogen-bond donors (Lipinski definition) is 0. The molecule has 1 saturated carbocycles. The number of thioether (sulfide) groups is 1. The highest BCUT2D eigenvalue weighted by Crippen LogP contribution is 2.46. The van der Waals surface area contributed by atoms with E-state index in [-0.39, 0.29) is 11.3 Å². The first-order valence-corrected chi connectivity index (χ1v) is 8.43. The molecule has 6 heteroatoms. The number of rotatable bonds is 6.